The van der Waals surface area contributed by atoms with Gasteiger partial charge < -0.3 is 0 Å². The number of hydrogen-bond acceptors (Lipinski definition) is 5. The zero-order chi connectivity index (χ0) is 12.4. The summed E-state index contributed by atoms with van der Waals surface area (Å²) >= 11 is 0. The Bertz CT molecular complexity index is 407. The molecule has 0 aromatic heterocycles. The number of benzene rings is 1. The van der Waals surface area contributed by atoms with Crippen molar-refractivity contribution in [3.05, 3.63) is 39.9 Å². The van der Waals surface area contributed by atoms with Gasteiger partial charge in [0.2, 0.25) is 0 Å². The highest BCUT2D eigenvalue weighted by Gasteiger charge is 2.24. The second kappa shape index (κ2) is 4.79. The van der Waals surface area contributed by atoms with Gasteiger partial charge in [0, 0.05) is 31.8 Å². The third kappa shape index (κ3) is 2.60. The summed E-state index contributed by atoms with van der Waals surface area (Å²) in [5.74, 6) is 0. The summed E-state index contributed by atoms with van der Waals surface area (Å²) in [6, 6.07) is 6.69. The molecule has 0 radical (unpaired) electrons. The Kier molecular flexibility index (Phi) is 3.37. The van der Waals surface area contributed by atoms with Gasteiger partial charge in [-0.3, -0.25) is 20.3 Å². The van der Waals surface area contributed by atoms with E-state index in [2.05, 4.69) is 12.2 Å². The molecule has 6 heteroatoms. The van der Waals surface area contributed by atoms with Crippen LogP contribution in [0.2, 0.25) is 0 Å². The molecular weight excluding hydrogens is 222 g/mol. The lowest BCUT2D eigenvalue weighted by Crippen LogP contribution is -2.47. The number of rotatable bonds is 2. The van der Waals surface area contributed by atoms with Crippen LogP contribution in [0.3, 0.4) is 0 Å². The molecule has 17 heavy (non-hydrogen) atoms. The van der Waals surface area contributed by atoms with Crippen molar-refractivity contribution in [2.75, 3.05) is 13.6 Å². The molecule has 2 rings (SSSR count). The predicted molar refractivity (Wildman–Crippen MR) is 62.2 cm³/mol. The first-order chi connectivity index (χ1) is 8.08. The first-order valence-corrected chi connectivity index (χ1v) is 5.45. The highest BCUT2D eigenvalue weighted by Crippen LogP contribution is 2.22. The predicted octanol–water partition coefficient (Wildman–Crippen LogP) is 1.45. The summed E-state index contributed by atoms with van der Waals surface area (Å²) in [4.78, 5) is 15.8. The van der Waals surface area contributed by atoms with Crippen LogP contribution >= 0.6 is 0 Å². The third-order valence-electron chi connectivity index (χ3n) is 2.90. The number of non-ortho nitro benzene ring substituents is 1. The van der Waals surface area contributed by atoms with Gasteiger partial charge in [-0.15, -0.1) is 0 Å². The Hall–Kier alpha value is -1.50. The van der Waals surface area contributed by atoms with E-state index < -0.39 is 4.92 Å². The highest BCUT2D eigenvalue weighted by atomic mass is 16.7. The lowest BCUT2D eigenvalue weighted by molar-refractivity contribution is -0.384. The van der Waals surface area contributed by atoms with Crippen molar-refractivity contribution >= 4 is 5.69 Å². The Labute approximate surface area is 99.3 Å². The van der Waals surface area contributed by atoms with Crippen LogP contribution in [0.4, 0.5) is 5.69 Å². The van der Waals surface area contributed by atoms with Crippen LogP contribution < -0.4 is 5.32 Å². The minimum atomic E-state index is -0.410. The fourth-order valence-corrected chi connectivity index (χ4v) is 1.66. The number of hydroxylamine groups is 2. The van der Waals surface area contributed by atoms with Crippen LogP contribution in [0.1, 0.15) is 18.7 Å². The summed E-state index contributed by atoms with van der Waals surface area (Å²) in [6.07, 6.45) is -0.239. The van der Waals surface area contributed by atoms with Crippen molar-refractivity contribution < 1.29 is 9.76 Å². The van der Waals surface area contributed by atoms with E-state index >= 15 is 0 Å². The molecule has 0 saturated carbocycles. The smallest absolute Gasteiger partial charge is 0.269 e. The van der Waals surface area contributed by atoms with E-state index in [1.165, 1.54) is 12.1 Å². The first kappa shape index (κ1) is 12.0. The Balaban J connectivity index is 2.10. The molecule has 1 aliphatic rings. The van der Waals surface area contributed by atoms with Gasteiger partial charge in [-0.05, 0) is 24.6 Å². The summed E-state index contributed by atoms with van der Waals surface area (Å²) in [5.41, 5.74) is 0.973. The van der Waals surface area contributed by atoms with Gasteiger partial charge in [0.05, 0.1) is 4.92 Å². The summed E-state index contributed by atoms with van der Waals surface area (Å²) < 4.78 is 0. The lowest BCUT2D eigenvalue weighted by atomic mass is 10.1. The minimum Gasteiger partial charge on any atom is -0.285 e. The van der Waals surface area contributed by atoms with Gasteiger partial charge in [-0.1, -0.05) is 0 Å². The SMILES string of the molecule is C[C@H]1CN[C@H](c2ccc([N+](=O)[O-])cc2)ON1C. The summed E-state index contributed by atoms with van der Waals surface area (Å²) in [5, 5.41) is 15.6. The van der Waals surface area contributed by atoms with Gasteiger partial charge in [0.25, 0.3) is 5.69 Å². The molecule has 1 aromatic rings. The normalized spacial score (nSPS) is 25.8. The van der Waals surface area contributed by atoms with E-state index in [1.807, 2.05) is 7.05 Å². The van der Waals surface area contributed by atoms with E-state index in [1.54, 1.807) is 17.2 Å². The molecular formula is C11H15N3O3. The van der Waals surface area contributed by atoms with Crippen LogP contribution in [0.5, 0.6) is 0 Å². The highest BCUT2D eigenvalue weighted by molar-refractivity contribution is 5.33. The molecule has 0 bridgehead atoms. The van der Waals surface area contributed by atoms with Gasteiger partial charge in [-0.2, -0.15) is 5.06 Å². The molecule has 0 spiro atoms. The van der Waals surface area contributed by atoms with Gasteiger partial charge in [-0.25, -0.2) is 0 Å². The fourth-order valence-electron chi connectivity index (χ4n) is 1.66. The maximum absolute atomic E-state index is 10.5. The topological polar surface area (TPSA) is 67.6 Å². The standard InChI is InChI=1S/C11H15N3O3/c1-8-7-12-11(17-13(8)2)9-3-5-10(6-4-9)14(15)16/h3-6,8,11-12H,7H2,1-2H3/t8-,11-/m0/s1. The van der Waals surface area contributed by atoms with Gasteiger partial charge in [0.15, 0.2) is 6.23 Å². The van der Waals surface area contributed by atoms with Crippen molar-refractivity contribution in [2.45, 2.75) is 19.2 Å². The molecule has 0 amide bonds. The van der Waals surface area contributed by atoms with Crippen molar-refractivity contribution in [1.29, 1.82) is 0 Å². The monoisotopic (exact) mass is 237 g/mol. The Morgan fingerprint density at radius 3 is 2.65 bits per heavy atom. The van der Waals surface area contributed by atoms with Crippen molar-refractivity contribution in [2.24, 2.45) is 0 Å². The molecule has 6 nitrogen and oxygen atoms in total. The second-order valence-electron chi connectivity index (χ2n) is 4.14. The molecule has 92 valence electrons. The van der Waals surface area contributed by atoms with E-state index in [4.69, 9.17) is 4.84 Å². The first-order valence-electron chi connectivity index (χ1n) is 5.45. The average Bonchev–Trinajstić information content (AvgIpc) is 2.33. The number of hydrogen-bond donors (Lipinski definition) is 1. The van der Waals surface area contributed by atoms with E-state index in [-0.39, 0.29) is 11.9 Å². The zero-order valence-corrected chi connectivity index (χ0v) is 9.79. The maximum Gasteiger partial charge on any atom is 0.269 e. The Morgan fingerprint density at radius 2 is 2.12 bits per heavy atom. The summed E-state index contributed by atoms with van der Waals surface area (Å²) in [7, 11) is 1.88. The largest absolute Gasteiger partial charge is 0.285 e. The molecule has 1 aliphatic heterocycles. The van der Waals surface area contributed by atoms with Crippen LogP contribution in [-0.4, -0.2) is 29.6 Å². The molecule has 1 fully saturated rings. The number of nitro benzene ring substituents is 1. The summed E-state index contributed by atoms with van der Waals surface area (Å²) in [6.45, 7) is 2.87. The third-order valence-corrected chi connectivity index (χ3v) is 2.90. The molecule has 1 N–H and O–H groups in total. The van der Waals surface area contributed by atoms with Crippen molar-refractivity contribution in [3.63, 3.8) is 0 Å². The fraction of sp³-hybridized carbons (Fsp3) is 0.455. The number of nitrogens with zero attached hydrogens (tertiary/aromatic N) is 2. The quantitative estimate of drug-likeness (QED) is 0.622. The van der Waals surface area contributed by atoms with Crippen molar-refractivity contribution in [1.82, 2.24) is 10.4 Å². The van der Waals surface area contributed by atoms with E-state index in [9.17, 15) is 10.1 Å². The molecule has 0 unspecified atom stereocenters. The second-order valence-corrected chi connectivity index (χ2v) is 4.14. The minimum absolute atomic E-state index is 0.0892. The lowest BCUT2D eigenvalue weighted by Gasteiger charge is -2.35. The molecule has 2 atom stereocenters. The molecule has 1 saturated heterocycles. The zero-order valence-electron chi connectivity index (χ0n) is 9.79. The Morgan fingerprint density at radius 1 is 1.47 bits per heavy atom. The van der Waals surface area contributed by atoms with E-state index in [0.29, 0.717) is 6.04 Å². The number of nitro groups is 1. The van der Waals surface area contributed by atoms with Crippen LogP contribution in [0.15, 0.2) is 24.3 Å². The number of likely N-dealkylation sites (N-methyl/N-ethyl adjacent to an activating group) is 1. The molecule has 1 aromatic carbocycles. The van der Waals surface area contributed by atoms with Gasteiger partial charge >= 0.3 is 0 Å². The molecule has 0 aliphatic carbocycles. The molecule has 1 heterocycles. The average molecular weight is 237 g/mol. The van der Waals surface area contributed by atoms with Crippen molar-refractivity contribution in [3.8, 4) is 0 Å². The number of nitrogens with one attached hydrogen (secondary N) is 1. The van der Waals surface area contributed by atoms with Crippen LogP contribution in [-0.2, 0) is 4.84 Å². The van der Waals surface area contributed by atoms with Crippen LogP contribution in [0.25, 0.3) is 0 Å². The van der Waals surface area contributed by atoms with E-state index in [0.717, 1.165) is 12.1 Å². The van der Waals surface area contributed by atoms with Crippen LogP contribution in [0, 0.1) is 10.1 Å². The van der Waals surface area contributed by atoms with Gasteiger partial charge in [0.1, 0.15) is 0 Å². The maximum atomic E-state index is 10.5.